The Kier molecular flexibility index (Phi) is 3.72. The number of nitrogens with two attached hydrogens (primary N) is 1. The zero-order valence-corrected chi connectivity index (χ0v) is 9.15. The van der Waals surface area contributed by atoms with Crippen molar-refractivity contribution in [3.63, 3.8) is 0 Å². The largest absolute Gasteiger partial charge is 0.488 e. The molecule has 17 heavy (non-hydrogen) atoms. The number of alkyl halides is 6. The molecule has 2 N–H and O–H groups in total. The molecule has 0 unspecified atom stereocenters. The normalized spacial score (nSPS) is 12.4. The second kappa shape index (κ2) is 4.57. The number of nitrogen functional groups attached to an aromatic ring is 1. The number of hydrogen-bond donors (Lipinski definition) is 1. The van der Waals surface area contributed by atoms with Gasteiger partial charge in [-0.05, 0) is 0 Å². The topological polar surface area (TPSA) is 70.3 Å². The lowest BCUT2D eigenvalue weighted by molar-refractivity contribution is -0.104. The van der Waals surface area contributed by atoms with Crippen LogP contribution in [0.3, 0.4) is 0 Å². The van der Waals surface area contributed by atoms with Gasteiger partial charge in [-0.3, -0.25) is 0 Å². The molecular weight excluding hydrogens is 293 g/mol. The predicted octanol–water partition coefficient (Wildman–Crippen LogP) is 2.39. The van der Waals surface area contributed by atoms with Crippen LogP contribution in [0.4, 0.5) is 23.5 Å². The predicted molar refractivity (Wildman–Crippen MR) is 49.3 cm³/mol. The van der Waals surface area contributed by atoms with Gasteiger partial charge < -0.3 is 15.2 Å². The molecule has 0 amide bonds. The fourth-order valence-corrected chi connectivity index (χ4v) is 0.921. The zero-order valence-electron chi connectivity index (χ0n) is 7.63. The highest BCUT2D eigenvalue weighted by Crippen LogP contribution is 2.29. The van der Waals surface area contributed by atoms with Crippen LogP contribution < -0.4 is 15.2 Å². The molecule has 0 aliphatic rings. The van der Waals surface area contributed by atoms with Crippen molar-refractivity contribution < 1.29 is 27.0 Å². The van der Waals surface area contributed by atoms with E-state index in [0.29, 0.717) is 6.07 Å². The molecule has 1 heterocycles. The lowest BCUT2D eigenvalue weighted by Crippen LogP contribution is -2.19. The van der Waals surface area contributed by atoms with Crippen LogP contribution in [0.2, 0.25) is 0 Å². The molecule has 0 radical (unpaired) electrons. The summed E-state index contributed by atoms with van der Waals surface area (Å²) in [6.45, 7) is 0. The van der Waals surface area contributed by atoms with Crippen LogP contribution in [-0.4, -0.2) is 21.1 Å². The van der Waals surface area contributed by atoms with Gasteiger partial charge in [0.15, 0.2) is 0 Å². The molecule has 0 aliphatic carbocycles. The number of nitrogens with zero attached hydrogens (tertiary/aromatic N) is 2. The van der Waals surface area contributed by atoms with Crippen LogP contribution in [-0.2, 0) is 0 Å². The van der Waals surface area contributed by atoms with Crippen LogP contribution in [0.5, 0.6) is 11.8 Å². The van der Waals surface area contributed by atoms with Gasteiger partial charge >= 0.3 is 11.1 Å². The molecular formula is C6H3Cl2F4N3O2. The average molecular weight is 296 g/mol. The highest BCUT2D eigenvalue weighted by Gasteiger charge is 2.31. The Morgan fingerprint density at radius 2 is 1.35 bits per heavy atom. The number of aromatic nitrogens is 2. The van der Waals surface area contributed by atoms with Crippen molar-refractivity contribution in [2.75, 3.05) is 5.73 Å². The number of anilines is 1. The van der Waals surface area contributed by atoms with Gasteiger partial charge in [0.1, 0.15) is 0 Å². The van der Waals surface area contributed by atoms with Gasteiger partial charge in [0, 0.05) is 23.2 Å². The molecule has 5 nitrogen and oxygen atoms in total. The summed E-state index contributed by atoms with van der Waals surface area (Å²) in [5, 5.41) is 0. The van der Waals surface area contributed by atoms with Crippen molar-refractivity contribution in [2.24, 2.45) is 0 Å². The summed E-state index contributed by atoms with van der Waals surface area (Å²) in [5.74, 6) is -2.35. The molecule has 0 fully saturated rings. The monoisotopic (exact) mass is 295 g/mol. The fourth-order valence-electron chi connectivity index (χ4n) is 0.763. The lowest BCUT2D eigenvalue weighted by Gasteiger charge is -2.12. The SMILES string of the molecule is Nc1nc(OC(F)(F)Cl)cc(OC(F)(F)Cl)n1. The Bertz CT molecular complexity index is 375. The third kappa shape index (κ3) is 5.59. The van der Waals surface area contributed by atoms with E-state index in [0.717, 1.165) is 0 Å². The molecule has 11 heteroatoms. The molecule has 96 valence electrons. The standard InChI is InChI=1S/C6H3Cl2F4N3O2/c7-5(9,10)16-2-1-3(15-4(13)14-2)17-6(8,11)12/h1H,(H2,13,14,15). The van der Waals surface area contributed by atoms with E-state index < -0.39 is 28.8 Å². The molecule has 0 aliphatic heterocycles. The minimum atomic E-state index is -4.08. The second-order valence-corrected chi connectivity index (χ2v) is 3.38. The van der Waals surface area contributed by atoms with Gasteiger partial charge in [-0.1, -0.05) is 0 Å². The van der Waals surface area contributed by atoms with E-state index in [9.17, 15) is 17.6 Å². The Hall–Kier alpha value is -1.22. The van der Waals surface area contributed by atoms with Crippen molar-refractivity contribution >= 4 is 29.2 Å². The summed E-state index contributed by atoms with van der Waals surface area (Å²) in [5.41, 5.74) is -3.12. The smallest absolute Gasteiger partial charge is 0.402 e. The highest BCUT2D eigenvalue weighted by atomic mass is 35.5. The van der Waals surface area contributed by atoms with Crippen molar-refractivity contribution in [3.8, 4) is 11.8 Å². The summed E-state index contributed by atoms with van der Waals surface area (Å²) in [7, 11) is 0. The Balaban J connectivity index is 2.95. The molecule has 0 atom stereocenters. The van der Waals surface area contributed by atoms with Crippen LogP contribution in [0.15, 0.2) is 6.07 Å². The van der Waals surface area contributed by atoms with Gasteiger partial charge in [0.25, 0.3) is 0 Å². The Morgan fingerprint density at radius 1 is 1.00 bits per heavy atom. The minimum absolute atomic E-state index is 0.517. The van der Waals surface area contributed by atoms with E-state index in [2.05, 4.69) is 42.6 Å². The van der Waals surface area contributed by atoms with Gasteiger partial charge in [-0.2, -0.15) is 9.97 Å². The first-order valence-electron chi connectivity index (χ1n) is 3.71. The van der Waals surface area contributed by atoms with Gasteiger partial charge in [0.05, 0.1) is 6.07 Å². The first kappa shape index (κ1) is 13.8. The molecule has 0 bridgehead atoms. The van der Waals surface area contributed by atoms with E-state index >= 15 is 0 Å². The maximum Gasteiger partial charge on any atom is 0.488 e. The third-order valence-electron chi connectivity index (χ3n) is 1.14. The number of ether oxygens (including phenoxy) is 2. The first-order valence-corrected chi connectivity index (χ1v) is 4.47. The first-order chi connectivity index (χ1) is 7.55. The summed E-state index contributed by atoms with van der Waals surface area (Å²) in [6.07, 6.45) is 0. The second-order valence-electron chi connectivity index (χ2n) is 2.50. The van der Waals surface area contributed by atoms with E-state index in [1.807, 2.05) is 0 Å². The minimum Gasteiger partial charge on any atom is -0.402 e. The maximum absolute atomic E-state index is 12.2. The lowest BCUT2D eigenvalue weighted by atomic mass is 10.6. The van der Waals surface area contributed by atoms with Crippen LogP contribution in [0.1, 0.15) is 0 Å². The summed E-state index contributed by atoms with van der Waals surface area (Å²) in [6, 6.07) is 0.517. The molecule has 0 aromatic carbocycles. The summed E-state index contributed by atoms with van der Waals surface area (Å²) >= 11 is 8.87. The van der Waals surface area contributed by atoms with Gasteiger partial charge in [-0.15, -0.1) is 17.6 Å². The van der Waals surface area contributed by atoms with E-state index in [4.69, 9.17) is 5.73 Å². The number of rotatable bonds is 4. The summed E-state index contributed by atoms with van der Waals surface area (Å²) < 4.78 is 56.5. The molecule has 0 saturated heterocycles. The van der Waals surface area contributed by atoms with Crippen molar-refractivity contribution in [2.45, 2.75) is 11.1 Å². The number of hydrogen-bond acceptors (Lipinski definition) is 5. The molecule has 1 aromatic heterocycles. The highest BCUT2D eigenvalue weighted by molar-refractivity contribution is 6.21. The van der Waals surface area contributed by atoms with E-state index in [-0.39, 0.29) is 0 Å². The molecule has 1 aromatic rings. The van der Waals surface area contributed by atoms with Crippen LogP contribution in [0, 0.1) is 0 Å². The van der Waals surface area contributed by atoms with E-state index in [1.54, 1.807) is 0 Å². The average Bonchev–Trinajstić information content (AvgIpc) is 1.93. The summed E-state index contributed by atoms with van der Waals surface area (Å²) in [4.78, 5) is 6.32. The maximum atomic E-state index is 12.2. The molecule has 1 rings (SSSR count). The molecule has 0 spiro atoms. The van der Waals surface area contributed by atoms with Crippen molar-refractivity contribution in [1.82, 2.24) is 9.97 Å². The van der Waals surface area contributed by atoms with Crippen molar-refractivity contribution in [1.29, 1.82) is 0 Å². The number of halogens is 6. The zero-order chi connectivity index (χ0) is 13.3. The van der Waals surface area contributed by atoms with Gasteiger partial charge in [-0.25, -0.2) is 0 Å². The Labute approximate surface area is 101 Å². The van der Waals surface area contributed by atoms with Crippen LogP contribution in [0.25, 0.3) is 0 Å². The van der Waals surface area contributed by atoms with Gasteiger partial charge in [0.2, 0.25) is 17.7 Å². The Morgan fingerprint density at radius 3 is 1.65 bits per heavy atom. The van der Waals surface area contributed by atoms with Crippen molar-refractivity contribution in [3.05, 3.63) is 6.07 Å². The van der Waals surface area contributed by atoms with Crippen LogP contribution >= 0.6 is 23.2 Å². The third-order valence-corrected chi connectivity index (χ3v) is 1.29. The fraction of sp³-hybridized carbons (Fsp3) is 0.333. The molecule has 0 saturated carbocycles. The van der Waals surface area contributed by atoms with E-state index in [1.165, 1.54) is 0 Å². The quantitative estimate of drug-likeness (QED) is 0.682.